The monoisotopic (exact) mass is 438 g/mol. The molecule has 1 atom stereocenters. The van der Waals surface area contributed by atoms with Gasteiger partial charge in [-0.1, -0.05) is 24.3 Å². The van der Waals surface area contributed by atoms with Crippen LogP contribution in [0.5, 0.6) is 0 Å². The summed E-state index contributed by atoms with van der Waals surface area (Å²) >= 11 is 1.55. The van der Waals surface area contributed by atoms with E-state index in [1.54, 1.807) is 11.3 Å². The Balaban J connectivity index is 1.63. The largest absolute Gasteiger partial charge is 0.371 e. The maximum Gasteiger partial charge on any atom is 0.261 e. The molecule has 4 rings (SSSR count). The average molecular weight is 439 g/mol. The highest BCUT2D eigenvalue weighted by Crippen LogP contribution is 2.38. The van der Waals surface area contributed by atoms with E-state index in [9.17, 15) is 4.79 Å². The van der Waals surface area contributed by atoms with E-state index in [1.165, 1.54) is 5.56 Å². The highest BCUT2D eigenvalue weighted by molar-refractivity contribution is 7.21. The average Bonchev–Trinajstić information content (AvgIpc) is 3.13. The second-order valence-electron chi connectivity index (χ2n) is 8.44. The highest BCUT2D eigenvalue weighted by atomic mass is 32.1. The Hall–Kier alpha value is -2.48. The van der Waals surface area contributed by atoms with E-state index in [2.05, 4.69) is 33.4 Å². The summed E-state index contributed by atoms with van der Waals surface area (Å²) in [6.07, 6.45) is 1.69. The molecule has 31 heavy (non-hydrogen) atoms. The van der Waals surface area contributed by atoms with E-state index in [4.69, 9.17) is 4.74 Å². The van der Waals surface area contributed by atoms with Gasteiger partial charge in [0.15, 0.2) is 0 Å². The van der Waals surface area contributed by atoms with Gasteiger partial charge in [0.25, 0.3) is 5.91 Å². The number of thiophene rings is 1. The Morgan fingerprint density at radius 2 is 2.10 bits per heavy atom. The molecule has 2 aromatic heterocycles. The fourth-order valence-electron chi connectivity index (χ4n) is 4.10. The van der Waals surface area contributed by atoms with Crippen molar-refractivity contribution in [3.8, 4) is 0 Å². The summed E-state index contributed by atoms with van der Waals surface area (Å²) in [4.78, 5) is 22.7. The van der Waals surface area contributed by atoms with Crippen LogP contribution in [0.2, 0.25) is 0 Å². The zero-order valence-electron chi connectivity index (χ0n) is 18.6. The summed E-state index contributed by atoms with van der Waals surface area (Å²) in [5.41, 5.74) is 2.21. The number of benzene rings is 1. The Morgan fingerprint density at radius 3 is 2.87 bits per heavy atom. The van der Waals surface area contributed by atoms with Crippen LogP contribution in [-0.4, -0.2) is 55.6 Å². The van der Waals surface area contributed by atoms with Crippen LogP contribution in [0.1, 0.15) is 40.8 Å². The molecule has 1 aromatic carbocycles. The van der Waals surface area contributed by atoms with E-state index in [0.717, 1.165) is 46.0 Å². The van der Waals surface area contributed by atoms with E-state index in [1.807, 2.05) is 57.2 Å². The van der Waals surface area contributed by atoms with Crippen molar-refractivity contribution in [2.24, 2.45) is 0 Å². The van der Waals surface area contributed by atoms with Crippen LogP contribution in [-0.2, 0) is 11.3 Å². The van der Waals surface area contributed by atoms with Crippen molar-refractivity contribution in [3.63, 3.8) is 0 Å². The predicted octanol–water partition coefficient (Wildman–Crippen LogP) is 4.07. The molecule has 0 radical (unpaired) electrons. The fourth-order valence-corrected chi connectivity index (χ4v) is 5.26. The molecule has 1 fully saturated rings. The number of nitrogens with zero attached hydrogens (tertiary/aromatic N) is 3. The number of nitrogens with one attached hydrogen (secondary N) is 1. The van der Waals surface area contributed by atoms with E-state index in [-0.39, 0.29) is 18.1 Å². The summed E-state index contributed by atoms with van der Waals surface area (Å²) in [5, 5.41) is 4.17. The summed E-state index contributed by atoms with van der Waals surface area (Å²) in [7, 11) is 4.04. The molecule has 1 saturated heterocycles. The van der Waals surface area contributed by atoms with Gasteiger partial charge < -0.3 is 15.0 Å². The molecule has 1 amide bonds. The van der Waals surface area contributed by atoms with Crippen LogP contribution in [0.3, 0.4) is 0 Å². The lowest BCUT2D eigenvalue weighted by atomic mass is 10.0. The second kappa shape index (κ2) is 9.34. The van der Waals surface area contributed by atoms with Crippen molar-refractivity contribution in [1.29, 1.82) is 0 Å². The first kappa shape index (κ1) is 21.7. The maximum atomic E-state index is 13.0. The lowest BCUT2D eigenvalue weighted by molar-refractivity contribution is -0.0323. The van der Waals surface area contributed by atoms with E-state index >= 15 is 0 Å². The highest BCUT2D eigenvalue weighted by Gasteiger charge is 2.30. The van der Waals surface area contributed by atoms with Crippen molar-refractivity contribution in [2.75, 3.05) is 38.7 Å². The number of amides is 1. The standard InChI is InChI=1S/C24H30N4O2S/c1-16(2)26-24(29)22-21(18-9-5-6-10-20(18)31-22)19-15-28(12-13-30-19)14-17-8-7-11-25-23(17)27(3)4/h5-11,16,19H,12-15H2,1-4H3,(H,26,29)/t19-/m0/s1. The number of rotatable bonds is 6. The number of carbonyl (C=O) groups excluding carboxylic acids is 1. The molecule has 1 aliphatic heterocycles. The molecular weight excluding hydrogens is 408 g/mol. The Bertz CT molecular complexity index is 1060. The van der Waals surface area contributed by atoms with Crippen molar-refractivity contribution < 1.29 is 9.53 Å². The number of fused-ring (bicyclic) bond motifs is 1. The predicted molar refractivity (Wildman–Crippen MR) is 127 cm³/mol. The maximum absolute atomic E-state index is 13.0. The molecule has 1 aliphatic rings. The van der Waals surface area contributed by atoms with Gasteiger partial charge in [-0.2, -0.15) is 0 Å². The molecule has 3 heterocycles. The topological polar surface area (TPSA) is 57.7 Å². The number of aromatic nitrogens is 1. The number of morpholine rings is 1. The lowest BCUT2D eigenvalue weighted by Crippen LogP contribution is -2.39. The van der Waals surface area contributed by atoms with Gasteiger partial charge >= 0.3 is 0 Å². The van der Waals surface area contributed by atoms with Gasteiger partial charge in [-0.05, 0) is 31.4 Å². The zero-order valence-corrected chi connectivity index (χ0v) is 19.4. The van der Waals surface area contributed by atoms with Gasteiger partial charge in [0, 0.05) is 61.8 Å². The SMILES string of the molecule is CC(C)NC(=O)c1sc2ccccc2c1[C@@H]1CN(Cc2cccnc2N(C)C)CCO1. The van der Waals surface area contributed by atoms with Crippen molar-refractivity contribution in [3.05, 3.63) is 58.6 Å². The third kappa shape index (κ3) is 4.74. The molecule has 6 nitrogen and oxygen atoms in total. The lowest BCUT2D eigenvalue weighted by Gasteiger charge is -2.34. The number of ether oxygens (including phenoxy) is 1. The summed E-state index contributed by atoms with van der Waals surface area (Å²) < 4.78 is 7.35. The minimum atomic E-state index is -0.141. The molecule has 0 spiro atoms. The van der Waals surface area contributed by atoms with E-state index in [0.29, 0.717) is 6.61 Å². The number of pyridine rings is 1. The minimum Gasteiger partial charge on any atom is -0.371 e. The quantitative estimate of drug-likeness (QED) is 0.629. The van der Waals surface area contributed by atoms with Gasteiger partial charge in [-0.25, -0.2) is 4.98 Å². The van der Waals surface area contributed by atoms with Crippen LogP contribution in [0.4, 0.5) is 5.82 Å². The van der Waals surface area contributed by atoms with Crippen molar-refractivity contribution in [2.45, 2.75) is 32.5 Å². The van der Waals surface area contributed by atoms with Crippen LogP contribution >= 0.6 is 11.3 Å². The summed E-state index contributed by atoms with van der Waals surface area (Å²) in [6.45, 7) is 7.01. The smallest absolute Gasteiger partial charge is 0.261 e. The molecular formula is C24H30N4O2S. The first-order valence-corrected chi connectivity index (χ1v) is 11.5. The summed E-state index contributed by atoms with van der Waals surface area (Å²) in [6, 6.07) is 12.4. The molecule has 0 bridgehead atoms. The van der Waals surface area contributed by atoms with Crippen LogP contribution in [0.15, 0.2) is 42.6 Å². The van der Waals surface area contributed by atoms with Gasteiger partial charge in [-0.15, -0.1) is 11.3 Å². The number of hydrogen-bond donors (Lipinski definition) is 1. The van der Waals surface area contributed by atoms with Gasteiger partial charge in [0.1, 0.15) is 5.82 Å². The first-order valence-electron chi connectivity index (χ1n) is 10.7. The third-order valence-corrected chi connectivity index (χ3v) is 6.60. The van der Waals surface area contributed by atoms with Gasteiger partial charge in [-0.3, -0.25) is 9.69 Å². The van der Waals surface area contributed by atoms with Crippen LogP contribution in [0.25, 0.3) is 10.1 Å². The molecule has 164 valence electrons. The fraction of sp³-hybridized carbons (Fsp3) is 0.417. The van der Waals surface area contributed by atoms with Crippen LogP contribution < -0.4 is 10.2 Å². The Kier molecular flexibility index (Phi) is 6.55. The molecule has 0 unspecified atom stereocenters. The third-order valence-electron chi connectivity index (χ3n) is 5.42. The zero-order chi connectivity index (χ0) is 22.0. The number of anilines is 1. The Labute approximate surface area is 187 Å². The minimum absolute atomic E-state index is 0.0194. The molecule has 3 aromatic rings. The van der Waals surface area contributed by atoms with Crippen molar-refractivity contribution in [1.82, 2.24) is 15.2 Å². The molecule has 0 aliphatic carbocycles. The molecule has 0 saturated carbocycles. The number of carbonyl (C=O) groups is 1. The van der Waals surface area contributed by atoms with Gasteiger partial charge in [0.05, 0.1) is 17.6 Å². The first-order chi connectivity index (χ1) is 14.9. The van der Waals surface area contributed by atoms with Crippen molar-refractivity contribution >= 4 is 33.1 Å². The molecule has 1 N–H and O–H groups in total. The van der Waals surface area contributed by atoms with E-state index < -0.39 is 0 Å². The Morgan fingerprint density at radius 1 is 1.29 bits per heavy atom. The number of hydrogen-bond acceptors (Lipinski definition) is 6. The molecule has 7 heteroatoms. The van der Waals surface area contributed by atoms with Gasteiger partial charge in [0.2, 0.25) is 0 Å². The van der Waals surface area contributed by atoms with Crippen LogP contribution in [0, 0.1) is 0 Å². The normalized spacial score (nSPS) is 17.3. The summed E-state index contributed by atoms with van der Waals surface area (Å²) in [5.74, 6) is 0.970. The second-order valence-corrected chi connectivity index (χ2v) is 9.50.